The predicted molar refractivity (Wildman–Crippen MR) is 103 cm³/mol. The first kappa shape index (κ1) is 19.9. The molecule has 0 radical (unpaired) electrons. The molecule has 0 aliphatic rings. The lowest BCUT2D eigenvalue weighted by Gasteiger charge is -2.07. The van der Waals surface area contributed by atoms with Crippen LogP contribution in [-0.4, -0.2) is 21.6 Å². The van der Waals surface area contributed by atoms with E-state index in [1.807, 2.05) is 0 Å². The number of thiazole rings is 1. The van der Waals surface area contributed by atoms with Crippen molar-refractivity contribution >= 4 is 22.4 Å². The third kappa shape index (κ3) is 3.50. The first-order chi connectivity index (χ1) is 14.2. The third-order valence-electron chi connectivity index (χ3n) is 4.36. The van der Waals surface area contributed by atoms with E-state index in [-0.39, 0.29) is 26.5 Å². The smallest absolute Gasteiger partial charge is 0.416 e. The molecule has 0 atom stereocenters. The topological polar surface area (TPSA) is 63.8 Å². The van der Waals surface area contributed by atoms with Gasteiger partial charge in [-0.3, -0.25) is 9.20 Å². The summed E-state index contributed by atoms with van der Waals surface area (Å²) in [5, 5.41) is 9.57. The summed E-state index contributed by atoms with van der Waals surface area (Å²) in [5.74, 6) is -1.62. The van der Waals surface area contributed by atoms with Crippen molar-refractivity contribution in [1.82, 2.24) is 9.38 Å². The van der Waals surface area contributed by atoms with E-state index >= 15 is 0 Å². The van der Waals surface area contributed by atoms with Gasteiger partial charge >= 0.3 is 6.18 Å². The number of aromatic hydroxyl groups is 1. The van der Waals surface area contributed by atoms with Crippen molar-refractivity contribution < 1.29 is 27.4 Å². The van der Waals surface area contributed by atoms with E-state index in [9.17, 15) is 27.5 Å². The highest BCUT2D eigenvalue weighted by Crippen LogP contribution is 2.32. The Morgan fingerprint density at radius 3 is 2.67 bits per heavy atom. The highest BCUT2D eigenvalue weighted by molar-refractivity contribution is 7.15. The molecule has 0 unspecified atom stereocenters. The Balaban J connectivity index is 1.78. The van der Waals surface area contributed by atoms with E-state index < -0.39 is 28.9 Å². The maximum absolute atomic E-state index is 13.8. The minimum atomic E-state index is -4.49. The molecule has 0 fully saturated rings. The SMILES string of the molecule is COc1cc(/C=c2\sc3nc(-c4cccc(C(F)(F)F)c4)cn3c2=O)cc(F)c1O. The zero-order valence-corrected chi connectivity index (χ0v) is 16.0. The van der Waals surface area contributed by atoms with Gasteiger partial charge < -0.3 is 9.84 Å². The minimum absolute atomic E-state index is 0.0816. The molecule has 0 aliphatic carbocycles. The van der Waals surface area contributed by atoms with E-state index in [0.29, 0.717) is 5.56 Å². The maximum atomic E-state index is 13.8. The summed E-state index contributed by atoms with van der Waals surface area (Å²) < 4.78 is 59.0. The van der Waals surface area contributed by atoms with Gasteiger partial charge in [-0.25, -0.2) is 9.37 Å². The van der Waals surface area contributed by atoms with Crippen LogP contribution < -0.4 is 14.8 Å². The molecule has 30 heavy (non-hydrogen) atoms. The van der Waals surface area contributed by atoms with Gasteiger partial charge in [-0.15, -0.1) is 0 Å². The number of phenols is 1. The molecule has 2 heterocycles. The molecule has 2 aromatic carbocycles. The van der Waals surface area contributed by atoms with Crippen molar-refractivity contribution in [3.63, 3.8) is 0 Å². The molecule has 0 bridgehead atoms. The van der Waals surface area contributed by atoms with Crippen LogP contribution in [0.2, 0.25) is 0 Å². The maximum Gasteiger partial charge on any atom is 0.416 e. The Kier molecular flexibility index (Phi) is 4.73. The summed E-state index contributed by atoms with van der Waals surface area (Å²) in [6, 6.07) is 7.09. The zero-order chi connectivity index (χ0) is 21.6. The van der Waals surface area contributed by atoms with Crippen molar-refractivity contribution in [2.75, 3.05) is 7.11 Å². The van der Waals surface area contributed by atoms with Crippen LogP contribution in [-0.2, 0) is 6.18 Å². The molecule has 0 spiro atoms. The molecular weight excluding hydrogens is 424 g/mol. The van der Waals surface area contributed by atoms with E-state index in [4.69, 9.17) is 4.74 Å². The number of methoxy groups -OCH3 is 1. The lowest BCUT2D eigenvalue weighted by molar-refractivity contribution is -0.137. The fourth-order valence-corrected chi connectivity index (χ4v) is 3.87. The number of fused-ring (bicyclic) bond motifs is 1. The van der Waals surface area contributed by atoms with E-state index in [0.717, 1.165) is 29.5 Å². The first-order valence-electron chi connectivity index (χ1n) is 8.45. The second-order valence-electron chi connectivity index (χ2n) is 6.33. The Labute approximate surface area is 170 Å². The van der Waals surface area contributed by atoms with Crippen LogP contribution in [0.1, 0.15) is 11.1 Å². The molecule has 0 saturated carbocycles. The second kappa shape index (κ2) is 7.13. The lowest BCUT2D eigenvalue weighted by Crippen LogP contribution is -2.22. The number of rotatable bonds is 3. The van der Waals surface area contributed by atoms with E-state index in [1.54, 1.807) is 0 Å². The average molecular weight is 436 g/mol. The number of hydrogen-bond acceptors (Lipinski definition) is 5. The minimum Gasteiger partial charge on any atom is -0.502 e. The van der Waals surface area contributed by atoms with Crippen molar-refractivity contribution in [3.05, 3.63) is 74.4 Å². The molecule has 0 amide bonds. The van der Waals surface area contributed by atoms with E-state index in [2.05, 4.69) is 4.98 Å². The van der Waals surface area contributed by atoms with Gasteiger partial charge in [0.25, 0.3) is 5.56 Å². The van der Waals surface area contributed by atoms with Crippen LogP contribution in [0, 0.1) is 5.82 Å². The number of nitrogens with zero attached hydrogens (tertiary/aromatic N) is 2. The van der Waals surface area contributed by atoms with Gasteiger partial charge in [0.1, 0.15) is 0 Å². The van der Waals surface area contributed by atoms with Crippen LogP contribution in [0.25, 0.3) is 22.3 Å². The fraction of sp³-hybridized carbons (Fsp3) is 0.100. The summed E-state index contributed by atoms with van der Waals surface area (Å²) in [7, 11) is 1.27. The molecule has 0 aliphatic heterocycles. The molecular formula is C20H12F4N2O3S. The number of imidazole rings is 1. The second-order valence-corrected chi connectivity index (χ2v) is 7.34. The van der Waals surface area contributed by atoms with Crippen molar-refractivity contribution in [2.45, 2.75) is 6.18 Å². The number of aromatic nitrogens is 2. The monoisotopic (exact) mass is 436 g/mol. The number of alkyl halides is 3. The number of halogens is 4. The summed E-state index contributed by atoms with van der Waals surface area (Å²) >= 11 is 1.00. The lowest BCUT2D eigenvalue weighted by atomic mass is 10.1. The van der Waals surface area contributed by atoms with Crippen molar-refractivity contribution in [1.29, 1.82) is 0 Å². The molecule has 10 heteroatoms. The standard InChI is InChI=1S/C20H12F4N2O3S/c1-29-15-6-10(5-13(21)17(15)27)7-16-18(28)26-9-14(25-19(26)30-16)11-3-2-4-12(8-11)20(22,23)24/h2-9,27H,1H3/b16-7-. The van der Waals surface area contributed by atoms with Gasteiger partial charge in [-0.1, -0.05) is 23.5 Å². The summed E-state index contributed by atoms with van der Waals surface area (Å²) in [4.78, 5) is 17.2. The van der Waals surface area contributed by atoms with Gasteiger partial charge in [0.15, 0.2) is 22.3 Å². The number of benzene rings is 2. The molecule has 5 nitrogen and oxygen atoms in total. The van der Waals surface area contributed by atoms with E-state index in [1.165, 1.54) is 42.0 Å². The third-order valence-corrected chi connectivity index (χ3v) is 5.34. The number of hydrogen-bond donors (Lipinski definition) is 1. The largest absolute Gasteiger partial charge is 0.502 e. The molecule has 154 valence electrons. The zero-order valence-electron chi connectivity index (χ0n) is 15.2. The van der Waals surface area contributed by atoms with Crippen LogP contribution in [0.3, 0.4) is 0 Å². The molecule has 2 aromatic heterocycles. The summed E-state index contributed by atoms with van der Waals surface area (Å²) in [6.07, 6.45) is -1.71. The van der Waals surface area contributed by atoms with Crippen molar-refractivity contribution in [2.24, 2.45) is 0 Å². The summed E-state index contributed by atoms with van der Waals surface area (Å²) in [5.41, 5.74) is -0.504. The highest BCUT2D eigenvalue weighted by Gasteiger charge is 2.30. The van der Waals surface area contributed by atoms with Gasteiger partial charge in [-0.2, -0.15) is 13.2 Å². The van der Waals surface area contributed by atoms with Crippen LogP contribution >= 0.6 is 11.3 Å². The molecule has 4 aromatic rings. The van der Waals surface area contributed by atoms with Crippen molar-refractivity contribution in [3.8, 4) is 22.8 Å². The Morgan fingerprint density at radius 2 is 2.00 bits per heavy atom. The first-order valence-corrected chi connectivity index (χ1v) is 9.27. The number of ether oxygens (including phenoxy) is 1. The Morgan fingerprint density at radius 1 is 1.23 bits per heavy atom. The number of phenolic OH excluding ortho intramolecular Hbond substituents is 1. The van der Waals surface area contributed by atoms with Gasteiger partial charge in [-0.05, 0) is 35.9 Å². The molecule has 0 saturated heterocycles. The Bertz CT molecular complexity index is 1380. The molecule has 1 N–H and O–H groups in total. The fourth-order valence-electron chi connectivity index (χ4n) is 2.91. The Hall–Kier alpha value is -3.40. The molecule has 4 rings (SSSR count). The van der Waals surface area contributed by atoms with Gasteiger partial charge in [0.05, 0.1) is 22.9 Å². The van der Waals surface area contributed by atoms with Gasteiger partial charge in [0.2, 0.25) is 0 Å². The quantitative estimate of drug-likeness (QED) is 0.496. The predicted octanol–water partition coefficient (Wildman–Crippen LogP) is 3.84. The average Bonchev–Trinajstić information content (AvgIpc) is 3.24. The normalized spacial score (nSPS) is 12.6. The van der Waals surface area contributed by atoms with Crippen LogP contribution in [0.4, 0.5) is 17.6 Å². The van der Waals surface area contributed by atoms with Crippen LogP contribution in [0.15, 0.2) is 47.4 Å². The highest BCUT2D eigenvalue weighted by atomic mass is 32.1. The summed E-state index contributed by atoms with van der Waals surface area (Å²) in [6.45, 7) is 0. The van der Waals surface area contributed by atoms with Crippen LogP contribution in [0.5, 0.6) is 11.5 Å². The van der Waals surface area contributed by atoms with Gasteiger partial charge in [0, 0.05) is 11.8 Å².